The lowest BCUT2D eigenvalue weighted by molar-refractivity contribution is 1.08. The molecule has 0 radical (unpaired) electrons. The Morgan fingerprint density at radius 3 is 2.64 bits per heavy atom. The molecule has 0 N–H and O–H groups in total. The molecule has 1 heterocycles. The van der Waals surface area contributed by atoms with Gasteiger partial charge in [-0.05, 0) is 11.5 Å². The zero-order chi connectivity index (χ0) is 9.38. The summed E-state index contributed by atoms with van der Waals surface area (Å²) in [5, 5.41) is 11.6. The van der Waals surface area contributed by atoms with Crippen molar-refractivity contribution in [1.82, 2.24) is 10.2 Å². The molecule has 3 rings (SSSR count). The second-order valence-corrected chi connectivity index (χ2v) is 3.26. The Labute approximate surface area is 81.2 Å². The highest BCUT2D eigenvalue weighted by Gasteiger charge is 1.99. The van der Waals surface area contributed by atoms with E-state index in [1.807, 2.05) is 18.2 Å². The molecule has 0 aliphatic heterocycles. The van der Waals surface area contributed by atoms with Gasteiger partial charge in [0.05, 0.1) is 6.20 Å². The first-order chi connectivity index (χ1) is 6.95. The molecule has 0 bridgehead atoms. The molecule has 0 aliphatic carbocycles. The zero-order valence-corrected chi connectivity index (χ0v) is 7.51. The van der Waals surface area contributed by atoms with Crippen LogP contribution in [0.5, 0.6) is 0 Å². The van der Waals surface area contributed by atoms with Crippen molar-refractivity contribution in [3.05, 3.63) is 48.7 Å². The fourth-order valence-electron chi connectivity index (χ4n) is 1.72. The molecule has 66 valence electrons. The topological polar surface area (TPSA) is 25.8 Å². The van der Waals surface area contributed by atoms with Gasteiger partial charge in [0.15, 0.2) is 0 Å². The third-order valence-corrected chi connectivity index (χ3v) is 2.41. The van der Waals surface area contributed by atoms with Crippen LogP contribution >= 0.6 is 0 Å². The van der Waals surface area contributed by atoms with Gasteiger partial charge in [-0.2, -0.15) is 5.10 Å². The van der Waals surface area contributed by atoms with Crippen molar-refractivity contribution in [3.63, 3.8) is 0 Å². The van der Waals surface area contributed by atoms with Crippen molar-refractivity contribution in [2.45, 2.75) is 0 Å². The van der Waals surface area contributed by atoms with Crippen LogP contribution in [0.2, 0.25) is 0 Å². The van der Waals surface area contributed by atoms with Crippen molar-refractivity contribution in [2.75, 3.05) is 0 Å². The number of nitrogens with zero attached hydrogens (tertiary/aromatic N) is 2. The molecule has 0 unspecified atom stereocenters. The van der Waals surface area contributed by atoms with Gasteiger partial charge in [-0.25, -0.2) is 0 Å². The molecule has 14 heavy (non-hydrogen) atoms. The monoisotopic (exact) mass is 180 g/mol. The summed E-state index contributed by atoms with van der Waals surface area (Å²) < 4.78 is 0. The van der Waals surface area contributed by atoms with Gasteiger partial charge in [0.2, 0.25) is 0 Å². The van der Waals surface area contributed by atoms with Gasteiger partial charge in [0.25, 0.3) is 0 Å². The van der Waals surface area contributed by atoms with E-state index in [0.717, 1.165) is 16.3 Å². The lowest BCUT2D eigenvalue weighted by atomic mass is 10.1. The molecule has 0 aliphatic rings. The van der Waals surface area contributed by atoms with Crippen molar-refractivity contribution in [2.24, 2.45) is 0 Å². The molecule has 0 spiro atoms. The fourth-order valence-corrected chi connectivity index (χ4v) is 1.72. The predicted octanol–water partition coefficient (Wildman–Crippen LogP) is 2.78. The third kappa shape index (κ3) is 0.973. The number of hydrogen-bond donors (Lipinski definition) is 0. The van der Waals surface area contributed by atoms with Gasteiger partial charge >= 0.3 is 0 Å². The Balaban J connectivity index is 2.61. The van der Waals surface area contributed by atoms with Crippen molar-refractivity contribution in [1.29, 1.82) is 0 Å². The Bertz CT molecular complexity index is 547. The van der Waals surface area contributed by atoms with Crippen LogP contribution in [0.25, 0.3) is 21.7 Å². The average Bonchev–Trinajstić information content (AvgIpc) is 2.29. The van der Waals surface area contributed by atoms with E-state index in [1.165, 1.54) is 5.39 Å². The maximum absolute atomic E-state index is 4.16. The van der Waals surface area contributed by atoms with Gasteiger partial charge in [0, 0.05) is 10.8 Å². The average molecular weight is 180 g/mol. The molecule has 1 aromatic heterocycles. The Hall–Kier alpha value is -1.96. The second kappa shape index (κ2) is 2.77. The van der Waals surface area contributed by atoms with Crippen LogP contribution in [0, 0.1) is 0 Å². The molecular formula is C12H8N2. The Morgan fingerprint density at radius 2 is 1.64 bits per heavy atom. The minimum Gasteiger partial charge on any atom is -0.158 e. The van der Waals surface area contributed by atoms with E-state index in [-0.39, 0.29) is 0 Å². The van der Waals surface area contributed by atoms with E-state index >= 15 is 0 Å². The van der Waals surface area contributed by atoms with E-state index in [0.29, 0.717) is 0 Å². The van der Waals surface area contributed by atoms with Crippen molar-refractivity contribution in [3.8, 4) is 0 Å². The van der Waals surface area contributed by atoms with Crippen LogP contribution in [0.15, 0.2) is 48.7 Å². The second-order valence-electron chi connectivity index (χ2n) is 3.26. The summed E-state index contributed by atoms with van der Waals surface area (Å²) >= 11 is 0. The van der Waals surface area contributed by atoms with Gasteiger partial charge in [-0.1, -0.05) is 36.4 Å². The van der Waals surface area contributed by atoms with E-state index in [4.69, 9.17) is 0 Å². The Kier molecular flexibility index (Phi) is 1.47. The first kappa shape index (κ1) is 7.44. The highest BCUT2D eigenvalue weighted by molar-refractivity contribution is 6.04. The summed E-state index contributed by atoms with van der Waals surface area (Å²) in [5.41, 5.74) is 0.977. The van der Waals surface area contributed by atoms with E-state index in [9.17, 15) is 0 Å². The standard InChI is InChI=1S/C12H8N2/c1-2-4-11-9(3-1)5-6-10-7-8-13-14-12(10)11/h1-8H. The molecule has 3 aromatic rings. The molecule has 0 fully saturated rings. The van der Waals surface area contributed by atoms with Gasteiger partial charge in [-0.3, -0.25) is 0 Å². The van der Waals surface area contributed by atoms with Gasteiger partial charge in [0.1, 0.15) is 5.52 Å². The quantitative estimate of drug-likeness (QED) is 0.497. The summed E-state index contributed by atoms with van der Waals surface area (Å²) in [4.78, 5) is 0. The number of hydrogen-bond acceptors (Lipinski definition) is 2. The highest BCUT2D eigenvalue weighted by Crippen LogP contribution is 2.21. The van der Waals surface area contributed by atoms with Crippen molar-refractivity contribution < 1.29 is 0 Å². The molecule has 0 saturated heterocycles. The lowest BCUT2D eigenvalue weighted by Gasteiger charge is -2.00. The van der Waals surface area contributed by atoms with Crippen LogP contribution < -0.4 is 0 Å². The Morgan fingerprint density at radius 1 is 0.786 bits per heavy atom. The first-order valence-electron chi connectivity index (χ1n) is 4.54. The third-order valence-electron chi connectivity index (χ3n) is 2.41. The summed E-state index contributed by atoms with van der Waals surface area (Å²) in [6.45, 7) is 0. The fraction of sp³-hybridized carbons (Fsp3) is 0. The maximum Gasteiger partial charge on any atom is 0.101 e. The van der Waals surface area contributed by atoms with Crippen molar-refractivity contribution >= 4 is 21.7 Å². The van der Waals surface area contributed by atoms with Gasteiger partial charge < -0.3 is 0 Å². The number of benzene rings is 2. The largest absolute Gasteiger partial charge is 0.158 e. The minimum absolute atomic E-state index is 0.977. The van der Waals surface area contributed by atoms with Crippen LogP contribution in [0.3, 0.4) is 0 Å². The van der Waals surface area contributed by atoms with Crippen LogP contribution in [0.4, 0.5) is 0 Å². The van der Waals surface area contributed by atoms with E-state index in [1.54, 1.807) is 6.20 Å². The van der Waals surface area contributed by atoms with E-state index in [2.05, 4.69) is 34.5 Å². The normalized spacial score (nSPS) is 10.9. The number of aromatic nitrogens is 2. The smallest absolute Gasteiger partial charge is 0.101 e. The molecule has 0 saturated carbocycles. The molecule has 0 amide bonds. The molecule has 2 aromatic carbocycles. The molecule has 0 atom stereocenters. The lowest BCUT2D eigenvalue weighted by Crippen LogP contribution is -1.83. The summed E-state index contributed by atoms with van der Waals surface area (Å²) in [7, 11) is 0. The number of fused-ring (bicyclic) bond motifs is 3. The van der Waals surface area contributed by atoms with Crippen LogP contribution in [0.1, 0.15) is 0 Å². The maximum atomic E-state index is 4.16. The van der Waals surface area contributed by atoms with Crippen LogP contribution in [-0.2, 0) is 0 Å². The first-order valence-corrected chi connectivity index (χ1v) is 4.54. The number of rotatable bonds is 0. The van der Waals surface area contributed by atoms with Gasteiger partial charge in [-0.15, -0.1) is 5.10 Å². The molecule has 2 heteroatoms. The zero-order valence-electron chi connectivity index (χ0n) is 7.51. The SMILES string of the molecule is c1ccc2c(c1)ccc1ccnnc12. The predicted molar refractivity (Wildman–Crippen MR) is 57.0 cm³/mol. The summed E-state index contributed by atoms with van der Waals surface area (Å²) in [6, 6.07) is 14.4. The summed E-state index contributed by atoms with van der Waals surface area (Å²) in [6.07, 6.45) is 1.72. The summed E-state index contributed by atoms with van der Waals surface area (Å²) in [5.74, 6) is 0. The van der Waals surface area contributed by atoms with E-state index < -0.39 is 0 Å². The van der Waals surface area contributed by atoms with Crippen LogP contribution in [-0.4, -0.2) is 10.2 Å². The minimum atomic E-state index is 0.977. The molecular weight excluding hydrogens is 172 g/mol. The highest BCUT2D eigenvalue weighted by atomic mass is 15.1. The molecule has 2 nitrogen and oxygen atoms in total.